The second-order valence-electron chi connectivity index (χ2n) is 6.99. The number of aliphatic hydroxyl groups is 1. The van der Waals surface area contributed by atoms with Crippen LogP contribution in [0.25, 0.3) is 0 Å². The van der Waals surface area contributed by atoms with Gasteiger partial charge in [-0.1, -0.05) is 45.7 Å². The zero-order chi connectivity index (χ0) is 15.3. The lowest BCUT2D eigenvalue weighted by molar-refractivity contribution is 0.0111. The van der Waals surface area contributed by atoms with Gasteiger partial charge in [0.05, 0.1) is 12.7 Å². The molecular formula is C19H30O2. The Kier molecular flexibility index (Phi) is 5.69. The van der Waals surface area contributed by atoms with Crippen LogP contribution in [0.2, 0.25) is 0 Å². The first-order valence-corrected chi connectivity index (χ1v) is 8.48. The molecule has 0 aromatic heterocycles. The fraction of sp³-hybridized carbons (Fsp3) is 0.684. The first kappa shape index (κ1) is 16.4. The van der Waals surface area contributed by atoms with Gasteiger partial charge in [-0.15, -0.1) is 0 Å². The second kappa shape index (κ2) is 7.31. The Balaban J connectivity index is 2.11. The highest BCUT2D eigenvalue weighted by molar-refractivity contribution is 5.29. The molecule has 0 heterocycles. The summed E-state index contributed by atoms with van der Waals surface area (Å²) in [5, 5.41) is 10.9. The van der Waals surface area contributed by atoms with Gasteiger partial charge < -0.3 is 9.84 Å². The summed E-state index contributed by atoms with van der Waals surface area (Å²) < 4.78 is 5.62. The first-order valence-electron chi connectivity index (χ1n) is 8.48. The summed E-state index contributed by atoms with van der Waals surface area (Å²) in [5.41, 5.74) is 1.13. The predicted octanol–water partition coefficient (Wildman–Crippen LogP) is 5.12. The van der Waals surface area contributed by atoms with Crippen LogP contribution in [0.3, 0.4) is 0 Å². The predicted molar refractivity (Wildman–Crippen MR) is 87.5 cm³/mol. The normalized spacial score (nSPS) is 18.9. The van der Waals surface area contributed by atoms with Gasteiger partial charge >= 0.3 is 0 Å². The SMILES string of the molecule is CCCOc1ccc(C(O)C2(CC(C)C)CCCC2)cc1. The average molecular weight is 290 g/mol. The summed E-state index contributed by atoms with van der Waals surface area (Å²) in [5.74, 6) is 1.53. The maximum Gasteiger partial charge on any atom is 0.119 e. The van der Waals surface area contributed by atoms with E-state index >= 15 is 0 Å². The monoisotopic (exact) mass is 290 g/mol. The third-order valence-corrected chi connectivity index (χ3v) is 4.66. The smallest absolute Gasteiger partial charge is 0.119 e. The lowest BCUT2D eigenvalue weighted by Crippen LogP contribution is -2.27. The third kappa shape index (κ3) is 4.00. The molecule has 1 aromatic carbocycles. The number of rotatable bonds is 7. The Morgan fingerprint density at radius 2 is 1.76 bits per heavy atom. The van der Waals surface area contributed by atoms with Crippen molar-refractivity contribution in [2.45, 2.75) is 65.4 Å². The van der Waals surface area contributed by atoms with Crippen LogP contribution in [0.4, 0.5) is 0 Å². The Labute approximate surface area is 129 Å². The van der Waals surface area contributed by atoms with E-state index in [2.05, 4.69) is 20.8 Å². The van der Waals surface area contributed by atoms with Crippen molar-refractivity contribution in [1.29, 1.82) is 0 Å². The summed E-state index contributed by atoms with van der Waals surface area (Å²) in [4.78, 5) is 0. The van der Waals surface area contributed by atoms with E-state index in [0.717, 1.165) is 43.6 Å². The van der Waals surface area contributed by atoms with Crippen molar-refractivity contribution in [3.05, 3.63) is 29.8 Å². The summed E-state index contributed by atoms with van der Waals surface area (Å²) >= 11 is 0. The van der Waals surface area contributed by atoms with Gasteiger partial charge in [0.2, 0.25) is 0 Å². The molecule has 1 atom stereocenters. The quantitative estimate of drug-likeness (QED) is 0.755. The molecule has 0 amide bonds. The van der Waals surface area contributed by atoms with Crippen molar-refractivity contribution in [3.63, 3.8) is 0 Å². The minimum absolute atomic E-state index is 0.0833. The molecule has 1 aliphatic rings. The van der Waals surface area contributed by atoms with Crippen molar-refractivity contribution >= 4 is 0 Å². The van der Waals surface area contributed by atoms with Crippen LogP contribution in [0.15, 0.2) is 24.3 Å². The molecule has 1 saturated carbocycles. The molecule has 2 heteroatoms. The third-order valence-electron chi connectivity index (χ3n) is 4.66. The number of hydrogen-bond acceptors (Lipinski definition) is 2. The molecule has 1 aliphatic carbocycles. The maximum atomic E-state index is 10.9. The van der Waals surface area contributed by atoms with Crippen LogP contribution in [0.5, 0.6) is 5.75 Å². The largest absolute Gasteiger partial charge is 0.494 e. The van der Waals surface area contributed by atoms with Gasteiger partial charge in [-0.2, -0.15) is 0 Å². The van der Waals surface area contributed by atoms with E-state index in [1.807, 2.05) is 24.3 Å². The molecule has 2 nitrogen and oxygen atoms in total. The highest BCUT2D eigenvalue weighted by atomic mass is 16.5. The molecule has 0 spiro atoms. The van der Waals surface area contributed by atoms with Crippen LogP contribution in [0.1, 0.15) is 71.0 Å². The maximum absolute atomic E-state index is 10.9. The van der Waals surface area contributed by atoms with E-state index in [-0.39, 0.29) is 11.5 Å². The highest BCUT2D eigenvalue weighted by Crippen LogP contribution is 2.51. The molecule has 0 aliphatic heterocycles. The van der Waals surface area contributed by atoms with Gasteiger partial charge in [-0.3, -0.25) is 0 Å². The van der Waals surface area contributed by atoms with E-state index < -0.39 is 0 Å². The number of benzene rings is 1. The van der Waals surface area contributed by atoms with Crippen molar-refractivity contribution in [3.8, 4) is 5.75 Å². The minimum Gasteiger partial charge on any atom is -0.494 e. The molecular weight excluding hydrogens is 260 g/mol. The lowest BCUT2D eigenvalue weighted by Gasteiger charge is -2.36. The molecule has 1 aromatic rings. The van der Waals surface area contributed by atoms with E-state index in [0.29, 0.717) is 5.92 Å². The molecule has 118 valence electrons. The summed E-state index contributed by atoms with van der Waals surface area (Å²) in [7, 11) is 0. The topological polar surface area (TPSA) is 29.5 Å². The molecule has 1 N–H and O–H groups in total. The fourth-order valence-corrected chi connectivity index (χ4v) is 3.80. The Bertz CT molecular complexity index is 416. The summed E-state index contributed by atoms with van der Waals surface area (Å²) in [6.45, 7) is 7.37. The minimum atomic E-state index is -0.345. The van der Waals surface area contributed by atoms with Crippen molar-refractivity contribution in [2.75, 3.05) is 6.61 Å². The molecule has 0 bridgehead atoms. The first-order chi connectivity index (χ1) is 10.1. The van der Waals surface area contributed by atoms with Crippen LogP contribution < -0.4 is 4.74 Å². The average Bonchev–Trinajstić information content (AvgIpc) is 2.93. The van der Waals surface area contributed by atoms with Gasteiger partial charge in [0, 0.05) is 5.41 Å². The lowest BCUT2D eigenvalue weighted by atomic mass is 9.72. The van der Waals surface area contributed by atoms with Crippen LogP contribution in [0, 0.1) is 11.3 Å². The number of hydrogen-bond donors (Lipinski definition) is 1. The van der Waals surface area contributed by atoms with Gasteiger partial charge in [-0.05, 0) is 49.3 Å². The number of aliphatic hydroxyl groups excluding tert-OH is 1. The van der Waals surface area contributed by atoms with E-state index in [1.54, 1.807) is 0 Å². The number of ether oxygens (including phenoxy) is 1. The Morgan fingerprint density at radius 1 is 1.14 bits per heavy atom. The summed E-state index contributed by atoms with van der Waals surface area (Å²) in [6, 6.07) is 8.06. The van der Waals surface area contributed by atoms with Gasteiger partial charge in [0.1, 0.15) is 5.75 Å². The molecule has 2 rings (SSSR count). The zero-order valence-corrected chi connectivity index (χ0v) is 13.8. The zero-order valence-electron chi connectivity index (χ0n) is 13.8. The van der Waals surface area contributed by atoms with Crippen LogP contribution in [-0.4, -0.2) is 11.7 Å². The Morgan fingerprint density at radius 3 is 2.29 bits per heavy atom. The van der Waals surface area contributed by atoms with E-state index in [9.17, 15) is 5.11 Å². The van der Waals surface area contributed by atoms with Gasteiger partial charge in [-0.25, -0.2) is 0 Å². The second-order valence-corrected chi connectivity index (χ2v) is 6.99. The van der Waals surface area contributed by atoms with Crippen molar-refractivity contribution < 1.29 is 9.84 Å². The van der Waals surface area contributed by atoms with E-state index in [1.165, 1.54) is 12.8 Å². The molecule has 1 unspecified atom stereocenters. The fourth-order valence-electron chi connectivity index (χ4n) is 3.80. The highest BCUT2D eigenvalue weighted by Gasteiger charge is 2.41. The van der Waals surface area contributed by atoms with Gasteiger partial charge in [0.25, 0.3) is 0 Å². The van der Waals surface area contributed by atoms with Crippen molar-refractivity contribution in [1.82, 2.24) is 0 Å². The van der Waals surface area contributed by atoms with E-state index in [4.69, 9.17) is 4.74 Å². The van der Waals surface area contributed by atoms with Crippen LogP contribution in [-0.2, 0) is 0 Å². The molecule has 0 radical (unpaired) electrons. The molecule has 21 heavy (non-hydrogen) atoms. The molecule has 0 saturated heterocycles. The van der Waals surface area contributed by atoms with Crippen molar-refractivity contribution in [2.24, 2.45) is 11.3 Å². The summed E-state index contributed by atoms with van der Waals surface area (Å²) in [6.07, 6.45) is 6.59. The van der Waals surface area contributed by atoms with Crippen LogP contribution >= 0.6 is 0 Å². The Hall–Kier alpha value is -1.02. The molecule has 1 fully saturated rings. The van der Waals surface area contributed by atoms with Gasteiger partial charge in [0.15, 0.2) is 0 Å². The standard InChI is InChI=1S/C19H30O2/c1-4-13-21-17-9-7-16(8-10-17)18(20)19(14-15(2)3)11-5-6-12-19/h7-10,15,18,20H,4-6,11-14H2,1-3H3.